The van der Waals surface area contributed by atoms with E-state index in [-0.39, 0.29) is 0 Å². The van der Waals surface area contributed by atoms with Crippen molar-refractivity contribution in [1.82, 2.24) is 15.1 Å². The van der Waals surface area contributed by atoms with Gasteiger partial charge in [-0.1, -0.05) is 65.3 Å². The lowest BCUT2D eigenvalue weighted by molar-refractivity contribution is -0.140. The number of aryl methyl sites for hydroxylation is 1. The first-order valence-electron chi connectivity index (χ1n) is 12.9. The molecule has 10 heteroatoms. The molecule has 1 aliphatic carbocycles. The lowest BCUT2D eigenvalue weighted by Gasteiger charge is -2.21. The zero-order chi connectivity index (χ0) is 28.0. The number of carboxylic acid groups (broad SMARTS) is 1. The highest BCUT2D eigenvalue weighted by Gasteiger charge is 2.51. The average Bonchev–Trinajstić information content (AvgIpc) is 3.49. The van der Waals surface area contributed by atoms with E-state index in [1.165, 1.54) is 0 Å². The van der Waals surface area contributed by atoms with Crippen molar-refractivity contribution in [2.45, 2.75) is 44.6 Å². The van der Waals surface area contributed by atoms with Crippen molar-refractivity contribution in [1.29, 1.82) is 0 Å². The minimum Gasteiger partial charge on any atom is -0.481 e. The first-order valence-corrected chi connectivity index (χ1v) is 13.3. The molecule has 1 saturated carbocycles. The molecule has 2 heterocycles. The number of aliphatic hydroxyl groups is 1. The fraction of sp³-hybridized carbons (Fsp3) is 0.233. The summed E-state index contributed by atoms with van der Waals surface area (Å²) in [5, 5.41) is 28.0. The Morgan fingerprint density at radius 2 is 1.85 bits per heavy atom. The van der Waals surface area contributed by atoms with Gasteiger partial charge in [0.2, 0.25) is 6.41 Å². The van der Waals surface area contributed by atoms with Gasteiger partial charge in [0.25, 0.3) is 0 Å². The number of carboxylic acids is 1. The third kappa shape index (κ3) is 4.52. The van der Waals surface area contributed by atoms with Gasteiger partial charge in [-0.3, -0.25) is 4.79 Å². The zero-order valence-corrected chi connectivity index (χ0v) is 22.6. The van der Waals surface area contributed by atoms with Gasteiger partial charge in [-0.2, -0.15) is 0 Å². The summed E-state index contributed by atoms with van der Waals surface area (Å²) in [7, 11) is 0. The first kappa shape index (κ1) is 26.1. The molecule has 0 aliphatic heterocycles. The van der Waals surface area contributed by atoms with Gasteiger partial charge in [-0.15, -0.1) is 0 Å². The molecule has 4 N–H and O–H groups in total. The molecule has 0 bridgehead atoms. The van der Waals surface area contributed by atoms with E-state index in [0.717, 1.165) is 27.8 Å². The summed E-state index contributed by atoms with van der Waals surface area (Å²) in [6, 6.07) is 18.8. The van der Waals surface area contributed by atoms with Crippen LogP contribution in [0, 0.1) is 6.92 Å². The first-order chi connectivity index (χ1) is 19.3. The van der Waals surface area contributed by atoms with E-state index in [1.807, 2.05) is 54.6 Å². The van der Waals surface area contributed by atoms with E-state index in [1.54, 1.807) is 26.2 Å². The van der Waals surface area contributed by atoms with Gasteiger partial charge in [-0.05, 0) is 55.5 Å². The molecule has 3 aromatic carbocycles. The highest BCUT2D eigenvalue weighted by Crippen LogP contribution is 2.49. The van der Waals surface area contributed by atoms with Crippen molar-refractivity contribution in [2.75, 3.05) is 5.32 Å². The summed E-state index contributed by atoms with van der Waals surface area (Å²) in [6.45, 7) is 3.57. The highest BCUT2D eigenvalue weighted by atomic mass is 35.5. The second-order valence-electron chi connectivity index (χ2n) is 10.0. The third-order valence-electron chi connectivity index (χ3n) is 7.54. The molecule has 9 nitrogen and oxygen atoms in total. The van der Waals surface area contributed by atoms with Crippen LogP contribution < -0.4 is 5.32 Å². The smallest absolute Gasteiger partial charge is 0.314 e. The van der Waals surface area contributed by atoms with Crippen molar-refractivity contribution < 1.29 is 24.3 Å². The number of hydrogen-bond acceptors (Lipinski definition) is 7. The number of nitrogens with one attached hydrogen (secondary N) is 2. The second-order valence-corrected chi connectivity index (χ2v) is 10.4. The molecule has 6 rings (SSSR count). The fourth-order valence-corrected chi connectivity index (χ4v) is 5.42. The topological polar surface area (TPSA) is 134 Å². The van der Waals surface area contributed by atoms with Crippen LogP contribution in [-0.4, -0.2) is 37.7 Å². The van der Waals surface area contributed by atoms with Crippen LogP contribution in [0.1, 0.15) is 42.7 Å². The molecule has 1 fully saturated rings. The quantitative estimate of drug-likeness (QED) is 0.152. The van der Waals surface area contributed by atoms with E-state index in [4.69, 9.17) is 20.9 Å². The summed E-state index contributed by atoms with van der Waals surface area (Å²) >= 11 is 6.28. The van der Waals surface area contributed by atoms with Crippen LogP contribution in [0.3, 0.4) is 0 Å². The molecule has 0 radical (unpaired) electrons. The Morgan fingerprint density at radius 3 is 2.55 bits per heavy atom. The molecule has 5 aromatic rings. The van der Waals surface area contributed by atoms with Crippen molar-refractivity contribution in [3.8, 4) is 22.5 Å². The highest BCUT2D eigenvalue weighted by molar-refractivity contribution is 6.31. The zero-order valence-electron chi connectivity index (χ0n) is 21.8. The van der Waals surface area contributed by atoms with E-state index in [9.17, 15) is 15.0 Å². The number of fused-ring (bicyclic) bond motifs is 1. The number of benzene rings is 3. The van der Waals surface area contributed by atoms with Gasteiger partial charge < -0.3 is 29.8 Å². The standard InChI is InChI=1S/C30H27ClN4O5/c1-16-24(34-29(38)39-17(2)20-5-3-4-6-23(20)31)27(40-35-16)22-12-11-21(25-26(22)33-15-32-25)18-7-9-19(10-8-18)30(13-14-30)28(36)37/h3-12,15,17,29,34,38H,13-14H2,1-2H3,(H,32,33)(H,36,37). The number of H-pyrrole nitrogens is 1. The monoisotopic (exact) mass is 558 g/mol. The van der Waals surface area contributed by atoms with Crippen molar-refractivity contribution >= 4 is 34.3 Å². The Labute approximate surface area is 234 Å². The number of imidazole rings is 1. The van der Waals surface area contributed by atoms with Crippen LogP contribution >= 0.6 is 11.6 Å². The predicted molar refractivity (Wildman–Crippen MR) is 151 cm³/mol. The number of aromatic amines is 1. The number of carbonyl (C=O) groups is 1. The van der Waals surface area contributed by atoms with Gasteiger partial charge in [-0.25, -0.2) is 4.98 Å². The molecule has 40 heavy (non-hydrogen) atoms. The summed E-state index contributed by atoms with van der Waals surface area (Å²) in [6.07, 6.45) is 1.08. The Balaban J connectivity index is 1.28. The number of aliphatic hydroxyl groups excluding tert-OH is 1. The normalized spacial score (nSPS) is 15.6. The minimum absolute atomic E-state index is 0.404. The third-order valence-corrected chi connectivity index (χ3v) is 7.88. The Bertz CT molecular complexity index is 1710. The van der Waals surface area contributed by atoms with Crippen LogP contribution in [0.4, 0.5) is 5.69 Å². The molecule has 0 spiro atoms. The van der Waals surface area contributed by atoms with E-state index in [2.05, 4.69) is 20.4 Å². The molecule has 2 unspecified atom stereocenters. The maximum absolute atomic E-state index is 11.7. The second kappa shape index (κ2) is 10.1. The lowest BCUT2D eigenvalue weighted by atomic mass is 9.93. The Hall–Kier alpha value is -4.18. The molecule has 2 aromatic heterocycles. The number of aliphatic carboxylic acids is 1. The SMILES string of the molecule is Cc1noc(-c2ccc(-c3ccc(C4(C(=O)O)CC4)cc3)c3[nH]cnc23)c1NC(O)OC(C)c1ccccc1Cl. The molecule has 1 aliphatic rings. The Kier molecular flexibility index (Phi) is 6.58. The number of ether oxygens (including phenoxy) is 1. The van der Waals surface area contributed by atoms with Crippen molar-refractivity contribution in [3.05, 3.63) is 88.8 Å². The maximum atomic E-state index is 11.7. The lowest BCUT2D eigenvalue weighted by Crippen LogP contribution is -2.24. The largest absolute Gasteiger partial charge is 0.481 e. The van der Waals surface area contributed by atoms with Crippen molar-refractivity contribution in [3.63, 3.8) is 0 Å². The van der Waals surface area contributed by atoms with Crippen molar-refractivity contribution in [2.24, 2.45) is 0 Å². The molecular weight excluding hydrogens is 532 g/mol. The molecule has 0 amide bonds. The van der Waals surface area contributed by atoms with Gasteiger partial charge in [0.15, 0.2) is 5.76 Å². The van der Waals surface area contributed by atoms with Gasteiger partial charge >= 0.3 is 5.97 Å². The molecule has 2 atom stereocenters. The average molecular weight is 559 g/mol. The fourth-order valence-electron chi connectivity index (χ4n) is 5.13. The van der Waals surface area contributed by atoms with Crippen LogP contribution in [-0.2, 0) is 14.9 Å². The van der Waals surface area contributed by atoms with Gasteiger partial charge in [0.05, 0.1) is 28.9 Å². The molecule has 0 saturated heterocycles. The van der Waals surface area contributed by atoms with Crippen LogP contribution in [0.25, 0.3) is 33.5 Å². The summed E-state index contributed by atoms with van der Waals surface area (Å²) < 4.78 is 11.5. The molecular formula is C30H27ClN4O5. The van der Waals surface area contributed by atoms with E-state index in [0.29, 0.717) is 46.1 Å². The summed E-state index contributed by atoms with van der Waals surface area (Å²) in [5.74, 6) is -0.372. The van der Waals surface area contributed by atoms with Gasteiger partial charge in [0, 0.05) is 10.6 Å². The minimum atomic E-state index is -1.36. The Morgan fingerprint density at radius 1 is 1.12 bits per heavy atom. The van der Waals surface area contributed by atoms with E-state index >= 15 is 0 Å². The number of anilines is 1. The number of aromatic nitrogens is 3. The van der Waals surface area contributed by atoms with Crippen LogP contribution in [0.5, 0.6) is 0 Å². The number of rotatable bonds is 9. The predicted octanol–water partition coefficient (Wildman–Crippen LogP) is 6.43. The van der Waals surface area contributed by atoms with E-state index < -0.39 is 23.9 Å². The van der Waals surface area contributed by atoms with Crippen LogP contribution in [0.2, 0.25) is 5.02 Å². The number of nitrogens with zero attached hydrogens (tertiary/aromatic N) is 2. The van der Waals surface area contributed by atoms with Gasteiger partial charge in [0.1, 0.15) is 16.9 Å². The number of hydrogen-bond donors (Lipinski definition) is 4. The summed E-state index contributed by atoms with van der Waals surface area (Å²) in [4.78, 5) is 19.5. The number of halogens is 1. The maximum Gasteiger partial charge on any atom is 0.314 e. The molecule has 204 valence electrons. The van der Waals surface area contributed by atoms with Crippen LogP contribution in [0.15, 0.2) is 71.5 Å². The summed E-state index contributed by atoms with van der Waals surface area (Å²) in [5.41, 5.74) is 5.79.